The highest BCUT2D eigenvalue weighted by atomic mass is 16.5. The van der Waals surface area contributed by atoms with Crippen molar-refractivity contribution in [1.82, 2.24) is 0 Å². The first kappa shape index (κ1) is 16.7. The molecule has 104 valence electrons. The minimum absolute atomic E-state index is 0.124. The highest BCUT2D eigenvalue weighted by Crippen LogP contribution is 2.08. The summed E-state index contributed by atoms with van der Waals surface area (Å²) in [7, 11) is 2.81. The van der Waals surface area contributed by atoms with E-state index in [0.717, 1.165) is 38.5 Å². The van der Waals surface area contributed by atoms with Crippen molar-refractivity contribution in [2.24, 2.45) is 0 Å². The molecule has 0 bridgehead atoms. The molecule has 0 unspecified atom stereocenters. The molecule has 0 amide bonds. The highest BCUT2D eigenvalue weighted by molar-refractivity contribution is 5.70. The van der Waals surface area contributed by atoms with Gasteiger partial charge in [-0.1, -0.05) is 31.4 Å². The molecule has 0 spiro atoms. The molecular weight excluding hydrogens is 232 g/mol. The fourth-order valence-corrected chi connectivity index (χ4v) is 1.54. The second-order valence-corrected chi connectivity index (χ2v) is 4.13. The smallest absolute Gasteiger partial charge is 0.309 e. The molecule has 0 radical (unpaired) electrons. The monoisotopic (exact) mass is 256 g/mol. The maximum absolute atomic E-state index is 10.8. The van der Waals surface area contributed by atoms with E-state index in [1.807, 2.05) is 12.2 Å². The molecule has 0 aromatic heterocycles. The van der Waals surface area contributed by atoms with Crippen LogP contribution < -0.4 is 0 Å². The van der Waals surface area contributed by atoms with Gasteiger partial charge in [0.1, 0.15) is 0 Å². The Morgan fingerprint density at radius 1 is 0.833 bits per heavy atom. The second kappa shape index (κ2) is 12.1. The fraction of sp³-hybridized carbons (Fsp3) is 0.714. The summed E-state index contributed by atoms with van der Waals surface area (Å²) in [6, 6.07) is 0. The number of hydrogen-bond acceptors (Lipinski definition) is 4. The van der Waals surface area contributed by atoms with Crippen LogP contribution in [-0.4, -0.2) is 26.2 Å². The lowest BCUT2D eigenvalue weighted by molar-refractivity contribution is -0.141. The second-order valence-electron chi connectivity index (χ2n) is 4.13. The molecule has 0 fully saturated rings. The van der Waals surface area contributed by atoms with E-state index in [1.54, 1.807) is 0 Å². The zero-order valence-electron chi connectivity index (χ0n) is 11.4. The van der Waals surface area contributed by atoms with E-state index < -0.39 is 0 Å². The van der Waals surface area contributed by atoms with Crippen LogP contribution in [-0.2, 0) is 19.1 Å². The van der Waals surface area contributed by atoms with Crippen molar-refractivity contribution in [1.29, 1.82) is 0 Å². The predicted octanol–water partition coefficient (Wildman–Crippen LogP) is 3.01. The minimum atomic E-state index is -0.200. The molecule has 0 heterocycles. The SMILES string of the molecule is COC(=O)CC=CCCCCCCCC(=O)OC. The van der Waals surface area contributed by atoms with Crippen LogP contribution in [0.25, 0.3) is 0 Å². The van der Waals surface area contributed by atoms with Gasteiger partial charge in [-0.3, -0.25) is 9.59 Å². The Hall–Kier alpha value is -1.32. The third kappa shape index (κ3) is 11.2. The molecule has 0 atom stereocenters. The van der Waals surface area contributed by atoms with Crippen molar-refractivity contribution in [3.05, 3.63) is 12.2 Å². The van der Waals surface area contributed by atoms with Crippen molar-refractivity contribution in [3.8, 4) is 0 Å². The number of ether oxygens (including phenoxy) is 2. The van der Waals surface area contributed by atoms with Crippen molar-refractivity contribution < 1.29 is 19.1 Å². The summed E-state index contributed by atoms with van der Waals surface area (Å²) in [6.45, 7) is 0. The third-order valence-corrected chi connectivity index (χ3v) is 2.66. The van der Waals surface area contributed by atoms with Crippen LogP contribution in [0.15, 0.2) is 12.2 Å². The lowest BCUT2D eigenvalue weighted by Gasteiger charge is -2.00. The van der Waals surface area contributed by atoms with Crippen LogP contribution in [0.3, 0.4) is 0 Å². The molecular formula is C14H24O4. The van der Waals surface area contributed by atoms with Crippen molar-refractivity contribution in [2.45, 2.75) is 51.4 Å². The average Bonchev–Trinajstić information content (AvgIpc) is 2.40. The molecule has 0 aliphatic heterocycles. The number of hydrogen-bond donors (Lipinski definition) is 0. The van der Waals surface area contributed by atoms with Gasteiger partial charge in [-0.05, 0) is 19.3 Å². The maximum Gasteiger partial charge on any atom is 0.309 e. The van der Waals surface area contributed by atoms with Gasteiger partial charge in [-0.15, -0.1) is 0 Å². The predicted molar refractivity (Wildman–Crippen MR) is 70.1 cm³/mol. The van der Waals surface area contributed by atoms with Gasteiger partial charge >= 0.3 is 11.9 Å². The molecule has 18 heavy (non-hydrogen) atoms. The van der Waals surface area contributed by atoms with Crippen LogP contribution in [0.5, 0.6) is 0 Å². The van der Waals surface area contributed by atoms with Gasteiger partial charge in [0.25, 0.3) is 0 Å². The normalized spacial score (nSPS) is 10.6. The van der Waals surface area contributed by atoms with Gasteiger partial charge in [0.2, 0.25) is 0 Å². The molecule has 0 aliphatic rings. The van der Waals surface area contributed by atoms with Crippen molar-refractivity contribution >= 4 is 11.9 Å². The Morgan fingerprint density at radius 3 is 2.11 bits per heavy atom. The molecule has 0 saturated carbocycles. The summed E-state index contributed by atoms with van der Waals surface area (Å²) in [5, 5.41) is 0. The number of methoxy groups -OCH3 is 2. The first-order chi connectivity index (χ1) is 8.70. The minimum Gasteiger partial charge on any atom is -0.469 e. The first-order valence-corrected chi connectivity index (χ1v) is 6.49. The molecule has 0 rings (SSSR count). The molecule has 0 aromatic rings. The van der Waals surface area contributed by atoms with Crippen LogP contribution >= 0.6 is 0 Å². The number of carbonyl (C=O) groups is 2. The number of unbranched alkanes of at least 4 members (excludes halogenated alkanes) is 5. The number of esters is 2. The lowest BCUT2D eigenvalue weighted by Crippen LogP contribution is -1.99. The van der Waals surface area contributed by atoms with E-state index in [2.05, 4.69) is 9.47 Å². The highest BCUT2D eigenvalue weighted by Gasteiger charge is 1.98. The topological polar surface area (TPSA) is 52.6 Å². The third-order valence-electron chi connectivity index (χ3n) is 2.66. The fourth-order valence-electron chi connectivity index (χ4n) is 1.54. The average molecular weight is 256 g/mol. The Bertz CT molecular complexity index is 259. The molecule has 0 N–H and O–H groups in total. The van der Waals surface area contributed by atoms with Crippen LogP contribution in [0.1, 0.15) is 51.4 Å². The van der Waals surface area contributed by atoms with E-state index >= 15 is 0 Å². The Morgan fingerprint density at radius 2 is 1.44 bits per heavy atom. The zero-order chi connectivity index (χ0) is 13.6. The molecule has 4 heteroatoms. The Labute approximate surface area is 109 Å². The largest absolute Gasteiger partial charge is 0.469 e. The Balaban J connectivity index is 3.21. The number of carbonyl (C=O) groups excluding carboxylic acids is 2. The van der Waals surface area contributed by atoms with E-state index in [0.29, 0.717) is 12.8 Å². The summed E-state index contributed by atoms with van der Waals surface area (Å²) in [4.78, 5) is 21.6. The summed E-state index contributed by atoms with van der Waals surface area (Å²) >= 11 is 0. The van der Waals surface area contributed by atoms with E-state index in [1.165, 1.54) is 14.2 Å². The van der Waals surface area contributed by atoms with Crippen LogP contribution in [0, 0.1) is 0 Å². The van der Waals surface area contributed by atoms with E-state index in [4.69, 9.17) is 0 Å². The summed E-state index contributed by atoms with van der Waals surface area (Å²) in [5.41, 5.74) is 0. The molecule has 0 saturated heterocycles. The summed E-state index contributed by atoms with van der Waals surface area (Å²) < 4.78 is 9.09. The number of rotatable bonds is 10. The van der Waals surface area contributed by atoms with E-state index in [-0.39, 0.29) is 11.9 Å². The molecule has 0 aromatic carbocycles. The quantitative estimate of drug-likeness (QED) is 0.342. The Kier molecular flexibility index (Phi) is 11.3. The lowest BCUT2D eigenvalue weighted by atomic mass is 10.1. The zero-order valence-corrected chi connectivity index (χ0v) is 11.4. The van der Waals surface area contributed by atoms with Crippen molar-refractivity contribution in [2.75, 3.05) is 14.2 Å². The van der Waals surface area contributed by atoms with Gasteiger partial charge < -0.3 is 9.47 Å². The van der Waals surface area contributed by atoms with Gasteiger partial charge in [-0.25, -0.2) is 0 Å². The van der Waals surface area contributed by atoms with Gasteiger partial charge in [-0.2, -0.15) is 0 Å². The molecule has 4 nitrogen and oxygen atoms in total. The molecule has 0 aliphatic carbocycles. The van der Waals surface area contributed by atoms with Gasteiger partial charge in [0, 0.05) is 6.42 Å². The maximum atomic E-state index is 10.8. The first-order valence-electron chi connectivity index (χ1n) is 6.49. The standard InChI is InChI=1S/C14H24O4/c1-17-13(15)11-9-7-5-3-4-6-8-10-12-14(16)18-2/h7,9H,3-6,8,10-12H2,1-2H3. The summed E-state index contributed by atoms with van der Waals surface area (Å²) in [6.07, 6.45) is 11.1. The van der Waals surface area contributed by atoms with Gasteiger partial charge in [0.15, 0.2) is 0 Å². The number of allylic oxidation sites excluding steroid dienone is 1. The van der Waals surface area contributed by atoms with E-state index in [9.17, 15) is 9.59 Å². The summed E-state index contributed by atoms with van der Waals surface area (Å²) in [5.74, 6) is -0.324. The van der Waals surface area contributed by atoms with Crippen molar-refractivity contribution in [3.63, 3.8) is 0 Å². The van der Waals surface area contributed by atoms with Crippen LogP contribution in [0.4, 0.5) is 0 Å². The van der Waals surface area contributed by atoms with Gasteiger partial charge in [0.05, 0.1) is 20.6 Å². The van der Waals surface area contributed by atoms with Crippen LogP contribution in [0.2, 0.25) is 0 Å².